The van der Waals surface area contributed by atoms with E-state index in [4.69, 9.17) is 16.6 Å². The fourth-order valence-electron chi connectivity index (χ4n) is 3.32. The molecule has 2 heterocycles. The highest BCUT2D eigenvalue weighted by Crippen LogP contribution is 2.27. The SMILES string of the molecule is CCNC(=NCc1ccc(F)c(Cl)c1)N1CCC(C)C(n2ccnc2)C1.I. The van der Waals surface area contributed by atoms with Crippen molar-refractivity contribution < 1.29 is 4.39 Å². The van der Waals surface area contributed by atoms with Gasteiger partial charge < -0.3 is 14.8 Å². The van der Waals surface area contributed by atoms with Crippen LogP contribution in [0.5, 0.6) is 0 Å². The predicted octanol–water partition coefficient (Wildman–Crippen LogP) is 4.34. The first-order chi connectivity index (χ1) is 12.6. The Labute approximate surface area is 182 Å². The molecule has 1 aliphatic rings. The van der Waals surface area contributed by atoms with E-state index >= 15 is 0 Å². The fraction of sp³-hybridized carbons (Fsp3) is 0.474. The fourth-order valence-corrected chi connectivity index (χ4v) is 3.53. The minimum atomic E-state index is -0.403. The molecule has 27 heavy (non-hydrogen) atoms. The van der Waals surface area contributed by atoms with E-state index in [2.05, 4.69) is 33.6 Å². The van der Waals surface area contributed by atoms with Crippen molar-refractivity contribution in [3.63, 3.8) is 0 Å². The molecule has 1 aliphatic heterocycles. The number of likely N-dealkylation sites (tertiary alicyclic amines) is 1. The van der Waals surface area contributed by atoms with Crippen LogP contribution in [0, 0.1) is 11.7 Å². The van der Waals surface area contributed by atoms with E-state index in [0.29, 0.717) is 18.5 Å². The maximum absolute atomic E-state index is 13.3. The van der Waals surface area contributed by atoms with E-state index in [1.54, 1.807) is 12.1 Å². The van der Waals surface area contributed by atoms with Gasteiger partial charge in [0.05, 0.1) is 23.9 Å². The summed E-state index contributed by atoms with van der Waals surface area (Å²) in [4.78, 5) is 11.2. The van der Waals surface area contributed by atoms with Crippen molar-refractivity contribution >= 4 is 41.5 Å². The molecule has 5 nitrogen and oxygen atoms in total. The maximum Gasteiger partial charge on any atom is 0.194 e. The third kappa shape index (κ3) is 5.57. The van der Waals surface area contributed by atoms with Gasteiger partial charge >= 0.3 is 0 Å². The molecule has 3 rings (SSSR count). The Morgan fingerprint density at radius 3 is 2.93 bits per heavy atom. The number of rotatable bonds is 4. The minimum Gasteiger partial charge on any atom is -0.357 e. The van der Waals surface area contributed by atoms with Gasteiger partial charge in [-0.15, -0.1) is 24.0 Å². The first kappa shape index (κ1) is 21.9. The summed E-state index contributed by atoms with van der Waals surface area (Å²) in [5.74, 6) is 1.06. The van der Waals surface area contributed by atoms with Crippen LogP contribution in [-0.4, -0.2) is 40.0 Å². The zero-order valence-corrected chi connectivity index (χ0v) is 18.7. The number of imidazole rings is 1. The molecule has 2 aromatic rings. The Balaban J connectivity index is 0.00000261. The van der Waals surface area contributed by atoms with Crippen molar-refractivity contribution in [2.45, 2.75) is 32.9 Å². The first-order valence-electron chi connectivity index (χ1n) is 9.03. The molecule has 1 aromatic heterocycles. The van der Waals surface area contributed by atoms with Crippen LogP contribution in [0.15, 0.2) is 41.9 Å². The zero-order valence-electron chi connectivity index (χ0n) is 15.6. The van der Waals surface area contributed by atoms with Crippen molar-refractivity contribution in [3.8, 4) is 0 Å². The van der Waals surface area contributed by atoms with Crippen LogP contribution in [0.1, 0.15) is 31.9 Å². The third-order valence-electron chi connectivity index (χ3n) is 4.86. The van der Waals surface area contributed by atoms with Crippen molar-refractivity contribution in [1.82, 2.24) is 19.8 Å². The smallest absolute Gasteiger partial charge is 0.194 e. The topological polar surface area (TPSA) is 45.5 Å². The monoisotopic (exact) mass is 505 g/mol. The molecule has 148 valence electrons. The van der Waals surface area contributed by atoms with Gasteiger partial charge in [-0.25, -0.2) is 14.4 Å². The van der Waals surface area contributed by atoms with Crippen LogP contribution in [0.4, 0.5) is 4.39 Å². The lowest BCUT2D eigenvalue weighted by molar-refractivity contribution is 0.189. The second-order valence-corrected chi connectivity index (χ2v) is 7.12. The number of benzene rings is 1. The Hall–Kier alpha value is -1.35. The molecule has 1 N–H and O–H groups in total. The molecule has 0 spiro atoms. The van der Waals surface area contributed by atoms with E-state index in [1.807, 2.05) is 18.7 Å². The molecule has 0 aliphatic carbocycles. The van der Waals surface area contributed by atoms with Crippen LogP contribution in [0.3, 0.4) is 0 Å². The van der Waals surface area contributed by atoms with Crippen molar-refractivity contribution in [1.29, 1.82) is 0 Å². The van der Waals surface area contributed by atoms with Gasteiger partial charge in [0, 0.05) is 32.0 Å². The van der Waals surface area contributed by atoms with Gasteiger partial charge in [-0.3, -0.25) is 0 Å². The summed E-state index contributed by atoms with van der Waals surface area (Å²) < 4.78 is 15.5. The molecular formula is C19H26ClFIN5. The number of guanidine groups is 1. The van der Waals surface area contributed by atoms with Crippen LogP contribution in [0.25, 0.3) is 0 Å². The Bertz CT molecular complexity index is 753. The summed E-state index contributed by atoms with van der Waals surface area (Å²) in [6, 6.07) is 5.12. The lowest BCUT2D eigenvalue weighted by atomic mass is 9.93. The normalized spacial score (nSPS) is 20.3. The van der Waals surface area contributed by atoms with Gasteiger partial charge in [0.2, 0.25) is 0 Å². The summed E-state index contributed by atoms with van der Waals surface area (Å²) in [6.45, 7) is 7.45. The number of aromatic nitrogens is 2. The first-order valence-corrected chi connectivity index (χ1v) is 9.41. The number of piperidine rings is 1. The third-order valence-corrected chi connectivity index (χ3v) is 5.15. The zero-order chi connectivity index (χ0) is 18.5. The number of hydrogen-bond donors (Lipinski definition) is 1. The van der Waals surface area contributed by atoms with Gasteiger partial charge in [-0.05, 0) is 37.0 Å². The molecule has 2 atom stereocenters. The number of halogens is 3. The summed E-state index contributed by atoms with van der Waals surface area (Å²) >= 11 is 5.87. The second kappa shape index (κ2) is 10.3. The largest absolute Gasteiger partial charge is 0.357 e. The molecule has 0 bridgehead atoms. The van der Waals surface area contributed by atoms with E-state index < -0.39 is 5.82 Å². The molecule has 1 aromatic carbocycles. The lowest BCUT2D eigenvalue weighted by Crippen LogP contribution is -2.49. The van der Waals surface area contributed by atoms with Crippen LogP contribution in [-0.2, 0) is 6.54 Å². The van der Waals surface area contributed by atoms with Crippen LogP contribution < -0.4 is 5.32 Å². The highest BCUT2D eigenvalue weighted by Gasteiger charge is 2.28. The number of nitrogens with zero attached hydrogens (tertiary/aromatic N) is 4. The molecule has 8 heteroatoms. The highest BCUT2D eigenvalue weighted by molar-refractivity contribution is 14.0. The molecular weight excluding hydrogens is 480 g/mol. The Morgan fingerprint density at radius 2 is 2.26 bits per heavy atom. The molecule has 1 saturated heterocycles. The van der Waals surface area contributed by atoms with Gasteiger partial charge in [-0.2, -0.15) is 0 Å². The summed E-state index contributed by atoms with van der Waals surface area (Å²) in [7, 11) is 0. The van der Waals surface area contributed by atoms with Gasteiger partial charge in [0.25, 0.3) is 0 Å². The van der Waals surface area contributed by atoms with Crippen LogP contribution in [0.2, 0.25) is 5.02 Å². The van der Waals surface area contributed by atoms with E-state index in [1.165, 1.54) is 6.07 Å². The molecule has 0 amide bonds. The summed E-state index contributed by atoms with van der Waals surface area (Å²) in [5, 5.41) is 3.51. The maximum atomic E-state index is 13.3. The average molecular weight is 506 g/mol. The van der Waals surface area contributed by atoms with Crippen LogP contribution >= 0.6 is 35.6 Å². The molecule has 1 fully saturated rings. The Kier molecular flexibility index (Phi) is 8.34. The van der Waals surface area contributed by atoms with Gasteiger partial charge in [0.15, 0.2) is 5.96 Å². The van der Waals surface area contributed by atoms with Crippen molar-refractivity contribution in [2.24, 2.45) is 10.9 Å². The van der Waals surface area contributed by atoms with Crippen molar-refractivity contribution in [3.05, 3.63) is 53.3 Å². The van der Waals surface area contributed by atoms with Gasteiger partial charge in [-0.1, -0.05) is 24.6 Å². The average Bonchev–Trinajstić information content (AvgIpc) is 3.16. The lowest BCUT2D eigenvalue weighted by Gasteiger charge is -2.39. The van der Waals surface area contributed by atoms with Crippen molar-refractivity contribution in [2.75, 3.05) is 19.6 Å². The van der Waals surface area contributed by atoms with E-state index in [-0.39, 0.29) is 29.0 Å². The van der Waals surface area contributed by atoms with E-state index in [9.17, 15) is 4.39 Å². The minimum absolute atomic E-state index is 0. The predicted molar refractivity (Wildman–Crippen MR) is 118 cm³/mol. The standard InChI is InChI=1S/C19H25ClFN5.HI/c1-3-23-19(24-11-15-4-5-17(21)16(20)10-15)25-8-6-14(2)18(12-25)26-9-7-22-13-26;/h4-5,7,9-10,13-14,18H,3,6,8,11-12H2,1-2H3,(H,23,24);1H. The quantitative estimate of drug-likeness (QED) is 0.382. The number of nitrogens with one attached hydrogen (secondary N) is 1. The van der Waals surface area contributed by atoms with Gasteiger partial charge in [0.1, 0.15) is 5.82 Å². The summed E-state index contributed by atoms with van der Waals surface area (Å²) in [5.41, 5.74) is 0.892. The van der Waals surface area contributed by atoms with E-state index in [0.717, 1.165) is 37.6 Å². The summed E-state index contributed by atoms with van der Waals surface area (Å²) in [6.07, 6.45) is 6.82. The number of aliphatic imine (C=N–C) groups is 1. The second-order valence-electron chi connectivity index (χ2n) is 6.71. The molecule has 0 radical (unpaired) electrons. The Morgan fingerprint density at radius 1 is 1.44 bits per heavy atom. The number of hydrogen-bond acceptors (Lipinski definition) is 2. The molecule has 0 saturated carbocycles. The molecule has 2 unspecified atom stereocenters. The highest BCUT2D eigenvalue weighted by atomic mass is 127.